The molecule has 1 aromatic rings. The van der Waals surface area contributed by atoms with Crippen molar-refractivity contribution in [3.8, 4) is 5.75 Å². The molecule has 2 aliphatic heterocycles. The molecule has 3 atom stereocenters. The van der Waals surface area contributed by atoms with E-state index >= 15 is 0 Å². The van der Waals surface area contributed by atoms with Crippen molar-refractivity contribution >= 4 is 11.9 Å². The Morgan fingerprint density at radius 3 is 2.65 bits per heavy atom. The van der Waals surface area contributed by atoms with E-state index in [2.05, 4.69) is 6.07 Å². The van der Waals surface area contributed by atoms with Gasteiger partial charge in [-0.3, -0.25) is 4.79 Å². The summed E-state index contributed by atoms with van der Waals surface area (Å²) in [4.78, 5) is 25.8. The average molecular weight is 317 g/mol. The number of carboxylic acid groups (broad SMARTS) is 1. The zero-order valence-corrected chi connectivity index (χ0v) is 13.8. The number of benzene rings is 1. The largest absolute Gasteiger partial charge is 0.480 e. The maximum Gasteiger partial charge on any atom is 0.326 e. The second-order valence-electron chi connectivity index (χ2n) is 6.87. The fourth-order valence-corrected chi connectivity index (χ4v) is 3.48. The number of aliphatic carboxylic acids is 1. The lowest BCUT2D eigenvalue weighted by Crippen LogP contribution is -2.53. The summed E-state index contributed by atoms with van der Waals surface area (Å²) < 4.78 is 5.83. The van der Waals surface area contributed by atoms with Crippen LogP contribution in [-0.4, -0.2) is 40.6 Å². The number of rotatable bonds is 2. The molecule has 5 heteroatoms. The van der Waals surface area contributed by atoms with Gasteiger partial charge in [-0.05, 0) is 55.4 Å². The molecular formula is C18H23NO4. The highest BCUT2D eigenvalue weighted by molar-refractivity contribution is 5.87. The Morgan fingerprint density at radius 2 is 1.96 bits per heavy atom. The number of amides is 1. The minimum atomic E-state index is -0.924. The smallest absolute Gasteiger partial charge is 0.326 e. The van der Waals surface area contributed by atoms with E-state index in [1.807, 2.05) is 26.8 Å². The first-order valence-electron chi connectivity index (χ1n) is 8.17. The lowest BCUT2D eigenvalue weighted by Gasteiger charge is -2.37. The van der Waals surface area contributed by atoms with Gasteiger partial charge in [0.15, 0.2) is 6.10 Å². The van der Waals surface area contributed by atoms with Gasteiger partial charge in [-0.25, -0.2) is 4.79 Å². The van der Waals surface area contributed by atoms with Crippen LogP contribution in [0.2, 0.25) is 0 Å². The predicted molar refractivity (Wildman–Crippen MR) is 85.6 cm³/mol. The Hall–Kier alpha value is -2.04. The van der Waals surface area contributed by atoms with Gasteiger partial charge in [-0.1, -0.05) is 13.0 Å². The molecule has 1 N–H and O–H groups in total. The van der Waals surface area contributed by atoms with Gasteiger partial charge >= 0.3 is 5.97 Å². The molecule has 0 bridgehead atoms. The van der Waals surface area contributed by atoms with Crippen molar-refractivity contribution in [1.29, 1.82) is 0 Å². The van der Waals surface area contributed by atoms with Crippen LogP contribution >= 0.6 is 0 Å². The number of hydrogen-bond acceptors (Lipinski definition) is 3. The van der Waals surface area contributed by atoms with Crippen molar-refractivity contribution < 1.29 is 19.4 Å². The van der Waals surface area contributed by atoms with Crippen LogP contribution in [0.15, 0.2) is 12.1 Å². The molecule has 0 radical (unpaired) electrons. The Labute approximate surface area is 136 Å². The van der Waals surface area contributed by atoms with Gasteiger partial charge < -0.3 is 14.7 Å². The van der Waals surface area contributed by atoms with Gasteiger partial charge in [-0.2, -0.15) is 0 Å². The number of aryl methyl sites for hydroxylation is 2. The van der Waals surface area contributed by atoms with Crippen LogP contribution in [0.5, 0.6) is 5.75 Å². The third kappa shape index (κ3) is 2.92. The van der Waals surface area contributed by atoms with Gasteiger partial charge in [0.1, 0.15) is 11.8 Å². The number of carboxylic acids is 1. The summed E-state index contributed by atoms with van der Waals surface area (Å²) in [5.41, 5.74) is 3.34. The molecule has 1 aromatic carbocycles. The molecule has 0 aromatic heterocycles. The van der Waals surface area contributed by atoms with Crippen molar-refractivity contribution in [3.05, 3.63) is 28.8 Å². The van der Waals surface area contributed by atoms with E-state index in [9.17, 15) is 14.7 Å². The second-order valence-corrected chi connectivity index (χ2v) is 6.87. The molecule has 2 heterocycles. The highest BCUT2D eigenvalue weighted by Crippen LogP contribution is 2.33. The fourth-order valence-electron chi connectivity index (χ4n) is 3.48. The van der Waals surface area contributed by atoms with Gasteiger partial charge in [0.25, 0.3) is 5.91 Å². The van der Waals surface area contributed by atoms with Gasteiger partial charge in [0.05, 0.1) is 0 Å². The number of fused-ring (bicyclic) bond motifs is 1. The first kappa shape index (κ1) is 15.8. The maximum absolute atomic E-state index is 12.8. The molecule has 5 nitrogen and oxygen atoms in total. The molecule has 3 unspecified atom stereocenters. The van der Waals surface area contributed by atoms with E-state index in [1.165, 1.54) is 10.5 Å². The van der Waals surface area contributed by atoms with Crippen molar-refractivity contribution in [2.75, 3.05) is 6.54 Å². The molecule has 0 saturated carbocycles. The highest BCUT2D eigenvalue weighted by Gasteiger charge is 2.40. The number of piperidine rings is 1. The number of ether oxygens (including phenoxy) is 1. The second kappa shape index (κ2) is 5.87. The topological polar surface area (TPSA) is 66.8 Å². The Bertz CT molecular complexity index is 624. The summed E-state index contributed by atoms with van der Waals surface area (Å²) in [5.74, 6) is -0.0428. The number of carbonyl (C=O) groups is 2. The fraction of sp³-hybridized carbons (Fsp3) is 0.556. The monoisotopic (exact) mass is 317 g/mol. The van der Waals surface area contributed by atoms with Crippen LogP contribution in [0.1, 0.15) is 36.5 Å². The number of nitrogens with zero attached hydrogens (tertiary/aromatic N) is 1. The van der Waals surface area contributed by atoms with Crippen LogP contribution in [0, 0.1) is 19.8 Å². The van der Waals surface area contributed by atoms with Crippen LogP contribution < -0.4 is 4.74 Å². The third-order valence-corrected chi connectivity index (χ3v) is 5.06. The molecule has 1 amide bonds. The van der Waals surface area contributed by atoms with E-state index in [0.29, 0.717) is 25.3 Å². The van der Waals surface area contributed by atoms with Crippen LogP contribution in [0.3, 0.4) is 0 Å². The molecule has 0 spiro atoms. The van der Waals surface area contributed by atoms with Crippen molar-refractivity contribution in [2.45, 2.75) is 52.2 Å². The summed E-state index contributed by atoms with van der Waals surface area (Å²) in [5, 5.41) is 9.43. The summed E-state index contributed by atoms with van der Waals surface area (Å²) >= 11 is 0. The van der Waals surface area contributed by atoms with E-state index in [-0.39, 0.29) is 5.91 Å². The Balaban J connectivity index is 1.78. The van der Waals surface area contributed by atoms with E-state index in [0.717, 1.165) is 23.3 Å². The lowest BCUT2D eigenvalue weighted by molar-refractivity contribution is -0.156. The first-order chi connectivity index (χ1) is 10.9. The zero-order valence-electron chi connectivity index (χ0n) is 13.8. The summed E-state index contributed by atoms with van der Waals surface area (Å²) in [7, 11) is 0. The first-order valence-corrected chi connectivity index (χ1v) is 8.17. The number of carbonyl (C=O) groups excluding carboxylic acids is 1. The summed E-state index contributed by atoms with van der Waals surface area (Å²) in [6.07, 6.45) is 1.28. The van der Waals surface area contributed by atoms with Crippen LogP contribution in [0.25, 0.3) is 0 Å². The molecular weight excluding hydrogens is 294 g/mol. The highest BCUT2D eigenvalue weighted by atomic mass is 16.5. The number of likely N-dealkylation sites (tertiary alicyclic amines) is 1. The molecule has 23 heavy (non-hydrogen) atoms. The minimum absolute atomic E-state index is 0.198. The van der Waals surface area contributed by atoms with Gasteiger partial charge in [0, 0.05) is 13.0 Å². The molecule has 2 aliphatic rings. The van der Waals surface area contributed by atoms with E-state index < -0.39 is 18.1 Å². The van der Waals surface area contributed by atoms with Crippen molar-refractivity contribution in [3.63, 3.8) is 0 Å². The normalized spacial score (nSPS) is 26.6. The molecule has 1 fully saturated rings. The molecule has 124 valence electrons. The SMILES string of the molecule is Cc1cc2c(cc1C)OC(C(=O)N1CCC(C)CC1C(=O)O)C2. The maximum atomic E-state index is 12.8. The third-order valence-electron chi connectivity index (χ3n) is 5.06. The Kier molecular flexibility index (Phi) is 4.04. The average Bonchev–Trinajstić information content (AvgIpc) is 2.89. The lowest BCUT2D eigenvalue weighted by atomic mass is 9.91. The minimum Gasteiger partial charge on any atom is -0.480 e. The summed E-state index contributed by atoms with van der Waals surface area (Å²) in [6, 6.07) is 3.29. The Morgan fingerprint density at radius 1 is 1.26 bits per heavy atom. The van der Waals surface area contributed by atoms with E-state index in [1.54, 1.807) is 0 Å². The van der Waals surface area contributed by atoms with Crippen molar-refractivity contribution in [1.82, 2.24) is 4.90 Å². The quantitative estimate of drug-likeness (QED) is 0.909. The van der Waals surface area contributed by atoms with Crippen LogP contribution in [-0.2, 0) is 16.0 Å². The van der Waals surface area contributed by atoms with Crippen molar-refractivity contribution in [2.24, 2.45) is 5.92 Å². The van der Waals surface area contributed by atoms with Crippen LogP contribution in [0.4, 0.5) is 0 Å². The molecule has 3 rings (SSSR count). The zero-order chi connectivity index (χ0) is 16.7. The molecule has 0 aliphatic carbocycles. The van der Waals surface area contributed by atoms with E-state index in [4.69, 9.17) is 4.74 Å². The van der Waals surface area contributed by atoms with Gasteiger partial charge in [-0.15, -0.1) is 0 Å². The molecule has 1 saturated heterocycles. The predicted octanol–water partition coefficient (Wildman–Crippen LogP) is 2.32. The number of hydrogen-bond donors (Lipinski definition) is 1. The summed E-state index contributed by atoms with van der Waals surface area (Å²) in [6.45, 7) is 6.58. The van der Waals surface area contributed by atoms with Gasteiger partial charge in [0.2, 0.25) is 0 Å². The standard InChI is InChI=1S/C18H23NO4/c1-10-4-5-19(14(6-10)18(21)22)17(20)16-9-13-7-11(2)12(3)8-15(13)23-16/h7-8,10,14,16H,4-6,9H2,1-3H3,(H,21,22).